The summed E-state index contributed by atoms with van der Waals surface area (Å²) in [7, 11) is 0. The van der Waals surface area contributed by atoms with Crippen molar-refractivity contribution in [3.8, 4) is 11.8 Å². The van der Waals surface area contributed by atoms with E-state index >= 15 is 0 Å². The third kappa shape index (κ3) is 3.70. The molecule has 0 amide bonds. The van der Waals surface area contributed by atoms with E-state index in [2.05, 4.69) is 16.7 Å². The zero-order valence-electron chi connectivity index (χ0n) is 10.5. The molecule has 0 radical (unpaired) electrons. The van der Waals surface area contributed by atoms with Crippen molar-refractivity contribution >= 4 is 0 Å². The minimum atomic E-state index is -0.0203. The van der Waals surface area contributed by atoms with E-state index in [1.165, 1.54) is 32.1 Å². The Morgan fingerprint density at radius 2 is 1.88 bits per heavy atom. The molecule has 1 atom stereocenters. The summed E-state index contributed by atoms with van der Waals surface area (Å²) >= 11 is 0. The minimum Gasteiger partial charge on any atom is -0.384 e. The molecule has 1 saturated heterocycles. The fourth-order valence-electron chi connectivity index (χ4n) is 2.96. The van der Waals surface area contributed by atoms with Gasteiger partial charge in [0.1, 0.15) is 6.61 Å². The zero-order chi connectivity index (χ0) is 11.9. The number of rotatable bonds is 2. The molecule has 2 aliphatic rings. The molecular weight excluding hydrogens is 214 g/mol. The Balaban J connectivity index is 2.00. The van der Waals surface area contributed by atoms with Crippen molar-refractivity contribution in [2.45, 2.75) is 38.1 Å². The number of aliphatic hydroxyl groups excluding tert-OH is 1. The van der Waals surface area contributed by atoms with E-state index in [-0.39, 0.29) is 6.61 Å². The van der Waals surface area contributed by atoms with Crippen LogP contribution in [0.25, 0.3) is 0 Å². The molecule has 3 heteroatoms. The van der Waals surface area contributed by atoms with Gasteiger partial charge in [-0.2, -0.15) is 0 Å². The summed E-state index contributed by atoms with van der Waals surface area (Å²) < 4.78 is 5.40. The van der Waals surface area contributed by atoms with Gasteiger partial charge in [0, 0.05) is 13.1 Å². The van der Waals surface area contributed by atoms with Crippen LogP contribution >= 0.6 is 0 Å². The van der Waals surface area contributed by atoms with E-state index in [9.17, 15) is 0 Å². The van der Waals surface area contributed by atoms with E-state index in [0.29, 0.717) is 12.0 Å². The largest absolute Gasteiger partial charge is 0.384 e. The maximum absolute atomic E-state index is 8.90. The first-order chi connectivity index (χ1) is 8.42. The Bertz CT molecular complexity index is 252. The lowest BCUT2D eigenvalue weighted by atomic mass is 9.83. The lowest BCUT2D eigenvalue weighted by molar-refractivity contribution is 0.0125. The molecule has 1 saturated carbocycles. The molecule has 1 unspecified atom stereocenters. The van der Waals surface area contributed by atoms with Crippen LogP contribution in [0.15, 0.2) is 0 Å². The van der Waals surface area contributed by atoms with E-state index in [0.717, 1.165) is 26.3 Å². The van der Waals surface area contributed by atoms with Crippen molar-refractivity contribution in [3.05, 3.63) is 0 Å². The van der Waals surface area contributed by atoms with E-state index in [1.807, 2.05) is 0 Å². The molecule has 0 aromatic rings. The van der Waals surface area contributed by atoms with Crippen molar-refractivity contribution < 1.29 is 9.84 Å². The number of aliphatic hydroxyl groups is 1. The Morgan fingerprint density at radius 1 is 1.18 bits per heavy atom. The van der Waals surface area contributed by atoms with Crippen LogP contribution in [-0.2, 0) is 4.74 Å². The molecule has 1 aliphatic heterocycles. The molecule has 1 aliphatic carbocycles. The average molecular weight is 237 g/mol. The van der Waals surface area contributed by atoms with Gasteiger partial charge < -0.3 is 9.84 Å². The third-order valence-corrected chi connectivity index (χ3v) is 3.86. The zero-order valence-corrected chi connectivity index (χ0v) is 10.5. The number of nitrogens with zero attached hydrogens (tertiary/aromatic N) is 1. The molecular formula is C14H23NO2. The molecule has 1 heterocycles. The summed E-state index contributed by atoms with van der Waals surface area (Å²) in [5.41, 5.74) is 0. The quantitative estimate of drug-likeness (QED) is 0.734. The second-order valence-corrected chi connectivity index (χ2v) is 4.97. The lowest BCUT2D eigenvalue weighted by Crippen LogP contribution is -2.46. The Kier molecular flexibility index (Phi) is 5.31. The van der Waals surface area contributed by atoms with Crippen LogP contribution in [0.3, 0.4) is 0 Å². The highest BCUT2D eigenvalue weighted by atomic mass is 16.5. The molecule has 2 rings (SSSR count). The second kappa shape index (κ2) is 7.00. The summed E-state index contributed by atoms with van der Waals surface area (Å²) in [5, 5.41) is 8.90. The summed E-state index contributed by atoms with van der Waals surface area (Å²) in [5.74, 6) is 6.84. The van der Waals surface area contributed by atoms with Crippen molar-refractivity contribution in [2.24, 2.45) is 5.92 Å². The van der Waals surface area contributed by atoms with Gasteiger partial charge in [-0.15, -0.1) is 0 Å². The maximum Gasteiger partial charge on any atom is 0.104 e. The van der Waals surface area contributed by atoms with Crippen LogP contribution in [0, 0.1) is 17.8 Å². The van der Waals surface area contributed by atoms with E-state index in [4.69, 9.17) is 9.84 Å². The van der Waals surface area contributed by atoms with Gasteiger partial charge in [0.05, 0.1) is 19.3 Å². The van der Waals surface area contributed by atoms with Crippen molar-refractivity contribution in [1.29, 1.82) is 0 Å². The molecule has 1 N–H and O–H groups in total. The molecule has 0 aromatic carbocycles. The molecule has 96 valence electrons. The van der Waals surface area contributed by atoms with Gasteiger partial charge in [-0.05, 0) is 18.8 Å². The van der Waals surface area contributed by atoms with E-state index < -0.39 is 0 Å². The van der Waals surface area contributed by atoms with Gasteiger partial charge in [-0.3, -0.25) is 4.90 Å². The topological polar surface area (TPSA) is 32.7 Å². The standard InChI is InChI=1S/C14H23NO2/c16-10-4-7-14(13-5-2-1-3-6-13)15-8-11-17-12-9-15/h13-14,16H,1-3,5-6,8-12H2. The van der Waals surface area contributed by atoms with Gasteiger partial charge in [0.25, 0.3) is 0 Å². The highest BCUT2D eigenvalue weighted by Crippen LogP contribution is 2.29. The Labute approximate surface area is 104 Å². The van der Waals surface area contributed by atoms with Gasteiger partial charge in [0.2, 0.25) is 0 Å². The first kappa shape index (κ1) is 12.9. The Hall–Kier alpha value is -0.560. The van der Waals surface area contributed by atoms with Crippen molar-refractivity contribution in [3.63, 3.8) is 0 Å². The van der Waals surface area contributed by atoms with Crippen molar-refractivity contribution in [2.75, 3.05) is 32.9 Å². The van der Waals surface area contributed by atoms with Crippen molar-refractivity contribution in [1.82, 2.24) is 4.90 Å². The molecule has 3 nitrogen and oxygen atoms in total. The fraction of sp³-hybridized carbons (Fsp3) is 0.857. The normalized spacial score (nSPS) is 25.0. The monoisotopic (exact) mass is 237 g/mol. The second-order valence-electron chi connectivity index (χ2n) is 4.97. The number of hydrogen-bond donors (Lipinski definition) is 1. The molecule has 2 fully saturated rings. The highest BCUT2D eigenvalue weighted by Gasteiger charge is 2.28. The average Bonchev–Trinajstić information content (AvgIpc) is 2.42. The summed E-state index contributed by atoms with van der Waals surface area (Å²) in [6.07, 6.45) is 6.64. The number of morpholine rings is 1. The van der Waals surface area contributed by atoms with Crippen LogP contribution in [0.2, 0.25) is 0 Å². The van der Waals surface area contributed by atoms with Crippen LogP contribution in [0.4, 0.5) is 0 Å². The minimum absolute atomic E-state index is 0.0203. The molecule has 0 bridgehead atoms. The Morgan fingerprint density at radius 3 is 2.53 bits per heavy atom. The maximum atomic E-state index is 8.90. The van der Waals surface area contributed by atoms with Gasteiger partial charge in [0.15, 0.2) is 0 Å². The van der Waals surface area contributed by atoms with Gasteiger partial charge >= 0.3 is 0 Å². The predicted molar refractivity (Wildman–Crippen MR) is 67.6 cm³/mol. The molecule has 0 aromatic heterocycles. The molecule has 17 heavy (non-hydrogen) atoms. The highest BCUT2D eigenvalue weighted by molar-refractivity contribution is 5.11. The van der Waals surface area contributed by atoms with Crippen LogP contribution in [-0.4, -0.2) is 49.0 Å². The first-order valence-electron chi connectivity index (χ1n) is 6.83. The smallest absolute Gasteiger partial charge is 0.104 e. The summed E-state index contributed by atoms with van der Waals surface area (Å²) in [6.45, 7) is 3.60. The molecule has 0 spiro atoms. The fourth-order valence-corrected chi connectivity index (χ4v) is 2.96. The third-order valence-electron chi connectivity index (χ3n) is 3.86. The van der Waals surface area contributed by atoms with Crippen LogP contribution in [0.1, 0.15) is 32.1 Å². The number of hydrogen-bond acceptors (Lipinski definition) is 3. The van der Waals surface area contributed by atoms with Gasteiger partial charge in [-0.25, -0.2) is 0 Å². The van der Waals surface area contributed by atoms with Crippen LogP contribution in [0.5, 0.6) is 0 Å². The van der Waals surface area contributed by atoms with Crippen LogP contribution < -0.4 is 0 Å². The SMILES string of the molecule is OCC#CC(C1CCCCC1)N1CCOCC1. The summed E-state index contributed by atoms with van der Waals surface area (Å²) in [4.78, 5) is 2.45. The summed E-state index contributed by atoms with van der Waals surface area (Å²) in [6, 6.07) is 0.339. The predicted octanol–water partition coefficient (Wildman–Crippen LogP) is 1.26. The van der Waals surface area contributed by atoms with Gasteiger partial charge in [-0.1, -0.05) is 31.1 Å². The number of ether oxygens (including phenoxy) is 1. The van der Waals surface area contributed by atoms with E-state index in [1.54, 1.807) is 0 Å². The first-order valence-corrected chi connectivity index (χ1v) is 6.83. The lowest BCUT2D eigenvalue weighted by Gasteiger charge is -2.37.